The fourth-order valence-electron chi connectivity index (χ4n) is 0.987. The van der Waals surface area contributed by atoms with Crippen molar-refractivity contribution in [2.75, 3.05) is 20.3 Å². The highest BCUT2D eigenvalue weighted by Crippen LogP contribution is 2.13. The molecule has 0 aromatic heterocycles. The molecule has 0 amide bonds. The third kappa shape index (κ3) is 3.50. The molecular weight excluding hydrogens is 218 g/mol. The van der Waals surface area contributed by atoms with Crippen molar-refractivity contribution in [1.29, 1.82) is 0 Å². The van der Waals surface area contributed by atoms with Gasteiger partial charge in [0, 0.05) is 13.7 Å². The highest BCUT2D eigenvalue weighted by Gasteiger charge is 2.12. The average Bonchev–Trinajstić information content (AvgIpc) is 2.18. The second-order valence-corrected chi connectivity index (χ2v) is 4.65. The van der Waals surface area contributed by atoms with Crippen LogP contribution in [0, 0.1) is 0 Å². The van der Waals surface area contributed by atoms with Crippen LogP contribution in [0.5, 0.6) is 5.75 Å². The first-order valence-corrected chi connectivity index (χ1v) is 5.82. The zero-order chi connectivity index (χ0) is 11.3. The van der Waals surface area contributed by atoms with Crippen molar-refractivity contribution in [3.63, 3.8) is 0 Å². The van der Waals surface area contributed by atoms with Gasteiger partial charge in [0.1, 0.15) is 5.75 Å². The van der Waals surface area contributed by atoms with Gasteiger partial charge in [0.25, 0.3) is 0 Å². The Labute approximate surface area is 88.7 Å². The largest absolute Gasteiger partial charge is 0.508 e. The molecule has 0 unspecified atom stereocenters. The summed E-state index contributed by atoms with van der Waals surface area (Å²) in [6.07, 6.45) is 0. The van der Waals surface area contributed by atoms with E-state index in [0.717, 1.165) is 0 Å². The smallest absolute Gasteiger partial charge is 0.240 e. The molecule has 1 aromatic rings. The van der Waals surface area contributed by atoms with Gasteiger partial charge in [0.15, 0.2) is 0 Å². The molecule has 6 heteroatoms. The molecule has 0 saturated heterocycles. The third-order valence-corrected chi connectivity index (χ3v) is 3.22. The van der Waals surface area contributed by atoms with Crippen LogP contribution in [0.15, 0.2) is 29.2 Å². The molecule has 5 nitrogen and oxygen atoms in total. The molecule has 1 rings (SSSR count). The molecule has 0 aliphatic rings. The Bertz CT molecular complexity index is 399. The number of hydrogen-bond donors (Lipinski definition) is 2. The van der Waals surface area contributed by atoms with Crippen molar-refractivity contribution in [2.45, 2.75) is 4.90 Å². The summed E-state index contributed by atoms with van der Waals surface area (Å²) in [7, 11) is -2.00. The molecule has 0 atom stereocenters. The summed E-state index contributed by atoms with van der Waals surface area (Å²) in [6, 6.07) is 5.32. The minimum Gasteiger partial charge on any atom is -0.508 e. The van der Waals surface area contributed by atoms with E-state index in [2.05, 4.69) is 4.72 Å². The van der Waals surface area contributed by atoms with Gasteiger partial charge in [-0.05, 0) is 24.3 Å². The number of benzene rings is 1. The lowest BCUT2D eigenvalue weighted by molar-refractivity contribution is 0.204. The maximum absolute atomic E-state index is 11.6. The van der Waals surface area contributed by atoms with Crippen molar-refractivity contribution in [3.05, 3.63) is 24.3 Å². The number of phenols is 1. The van der Waals surface area contributed by atoms with Crippen molar-refractivity contribution in [3.8, 4) is 5.75 Å². The lowest BCUT2D eigenvalue weighted by atomic mass is 10.3. The Hall–Kier alpha value is -1.11. The van der Waals surface area contributed by atoms with Crippen LogP contribution in [-0.4, -0.2) is 33.8 Å². The number of sulfonamides is 1. The van der Waals surface area contributed by atoms with E-state index in [9.17, 15) is 8.42 Å². The zero-order valence-corrected chi connectivity index (χ0v) is 9.12. The fraction of sp³-hybridized carbons (Fsp3) is 0.333. The first-order chi connectivity index (χ1) is 7.06. The van der Waals surface area contributed by atoms with Crippen LogP contribution in [0.4, 0.5) is 0 Å². The highest BCUT2D eigenvalue weighted by molar-refractivity contribution is 7.89. The molecule has 0 radical (unpaired) electrons. The highest BCUT2D eigenvalue weighted by atomic mass is 32.2. The SMILES string of the molecule is COCCNS(=O)(=O)c1ccc(O)cc1. The summed E-state index contributed by atoms with van der Waals surface area (Å²) in [6.45, 7) is 0.539. The summed E-state index contributed by atoms with van der Waals surface area (Å²) in [5, 5.41) is 9.00. The zero-order valence-electron chi connectivity index (χ0n) is 8.30. The van der Waals surface area contributed by atoms with Crippen LogP contribution in [0.1, 0.15) is 0 Å². The standard InChI is InChI=1S/C9H13NO4S/c1-14-7-6-10-15(12,13)9-4-2-8(11)3-5-9/h2-5,10-11H,6-7H2,1H3. The number of hydrogen-bond acceptors (Lipinski definition) is 4. The van der Waals surface area contributed by atoms with Crippen molar-refractivity contribution < 1.29 is 18.3 Å². The van der Waals surface area contributed by atoms with E-state index in [0.29, 0.717) is 6.61 Å². The van der Waals surface area contributed by atoms with Gasteiger partial charge in [-0.3, -0.25) is 0 Å². The fourth-order valence-corrected chi connectivity index (χ4v) is 2.00. The molecule has 0 aliphatic heterocycles. The van der Waals surface area contributed by atoms with Gasteiger partial charge in [-0.15, -0.1) is 0 Å². The van der Waals surface area contributed by atoms with Gasteiger partial charge in [-0.25, -0.2) is 13.1 Å². The Morgan fingerprint density at radius 2 is 1.93 bits per heavy atom. The first kappa shape index (κ1) is 12.0. The van der Waals surface area contributed by atoms with Gasteiger partial charge in [0.05, 0.1) is 11.5 Å². The summed E-state index contributed by atoms with van der Waals surface area (Å²) in [5.74, 6) is 0.0332. The van der Waals surface area contributed by atoms with Crippen LogP contribution in [0.25, 0.3) is 0 Å². The van der Waals surface area contributed by atoms with E-state index in [1.807, 2.05) is 0 Å². The van der Waals surface area contributed by atoms with Gasteiger partial charge < -0.3 is 9.84 Å². The minimum absolute atomic E-state index is 0.0332. The average molecular weight is 231 g/mol. The van der Waals surface area contributed by atoms with Crippen LogP contribution in [-0.2, 0) is 14.8 Å². The van der Waals surface area contributed by atoms with Gasteiger partial charge in [0.2, 0.25) is 10.0 Å². The van der Waals surface area contributed by atoms with Crippen molar-refractivity contribution in [2.24, 2.45) is 0 Å². The van der Waals surface area contributed by atoms with Gasteiger partial charge in [-0.2, -0.15) is 0 Å². The van der Waals surface area contributed by atoms with Crippen molar-refractivity contribution >= 4 is 10.0 Å². The second kappa shape index (κ2) is 5.11. The predicted molar refractivity (Wildman–Crippen MR) is 55.2 cm³/mol. The summed E-state index contributed by atoms with van der Waals surface area (Å²) < 4.78 is 30.2. The maximum atomic E-state index is 11.6. The number of nitrogens with one attached hydrogen (secondary N) is 1. The molecule has 84 valence electrons. The lowest BCUT2D eigenvalue weighted by Gasteiger charge is -2.05. The van der Waals surface area contributed by atoms with Gasteiger partial charge >= 0.3 is 0 Å². The summed E-state index contributed by atoms with van der Waals surface area (Å²) in [5.41, 5.74) is 0. The molecule has 0 aliphatic carbocycles. The van der Waals surface area contributed by atoms with Crippen LogP contribution in [0.3, 0.4) is 0 Å². The van der Waals surface area contributed by atoms with Crippen LogP contribution < -0.4 is 4.72 Å². The molecule has 1 aromatic carbocycles. The number of ether oxygens (including phenoxy) is 1. The Morgan fingerprint density at radius 3 is 2.47 bits per heavy atom. The number of phenolic OH excluding ortho intramolecular Hbond substituents is 1. The van der Waals surface area contributed by atoms with E-state index in [-0.39, 0.29) is 17.2 Å². The maximum Gasteiger partial charge on any atom is 0.240 e. The second-order valence-electron chi connectivity index (χ2n) is 2.88. The van der Waals surface area contributed by atoms with Crippen molar-refractivity contribution in [1.82, 2.24) is 4.72 Å². The Kier molecular flexibility index (Phi) is 4.07. The van der Waals surface area contributed by atoms with E-state index in [4.69, 9.17) is 9.84 Å². The van der Waals surface area contributed by atoms with E-state index >= 15 is 0 Å². The number of aromatic hydroxyl groups is 1. The Balaban J connectivity index is 2.73. The molecule has 0 heterocycles. The molecule has 0 saturated carbocycles. The molecule has 0 fully saturated rings. The van der Waals surface area contributed by atoms with E-state index in [1.54, 1.807) is 0 Å². The molecule has 0 spiro atoms. The number of methoxy groups -OCH3 is 1. The first-order valence-electron chi connectivity index (χ1n) is 4.34. The quantitative estimate of drug-likeness (QED) is 0.715. The lowest BCUT2D eigenvalue weighted by Crippen LogP contribution is -2.27. The van der Waals surface area contributed by atoms with Crippen LogP contribution >= 0.6 is 0 Å². The molecular formula is C9H13NO4S. The molecule has 0 bridgehead atoms. The third-order valence-electron chi connectivity index (χ3n) is 1.75. The molecule has 2 N–H and O–H groups in total. The predicted octanol–water partition coefficient (Wildman–Crippen LogP) is 0.317. The van der Waals surface area contributed by atoms with Crippen LogP contribution in [0.2, 0.25) is 0 Å². The summed E-state index contributed by atoms with van der Waals surface area (Å²) >= 11 is 0. The Morgan fingerprint density at radius 1 is 1.33 bits per heavy atom. The van der Waals surface area contributed by atoms with E-state index in [1.165, 1.54) is 31.4 Å². The summed E-state index contributed by atoms with van der Waals surface area (Å²) in [4.78, 5) is 0.122. The minimum atomic E-state index is -3.49. The normalized spacial score (nSPS) is 11.5. The topological polar surface area (TPSA) is 75.6 Å². The van der Waals surface area contributed by atoms with E-state index < -0.39 is 10.0 Å². The molecule has 15 heavy (non-hydrogen) atoms. The monoisotopic (exact) mass is 231 g/mol. The number of rotatable bonds is 5. The van der Waals surface area contributed by atoms with Gasteiger partial charge in [-0.1, -0.05) is 0 Å².